The Hall–Kier alpha value is -2.18. The number of rotatable bonds is 5. The van der Waals surface area contributed by atoms with E-state index >= 15 is 0 Å². The maximum Gasteiger partial charge on any atom is 0.289 e. The van der Waals surface area contributed by atoms with E-state index in [9.17, 15) is 15.2 Å². The molecule has 0 aliphatic rings. The van der Waals surface area contributed by atoms with Crippen molar-refractivity contribution in [1.82, 2.24) is 4.98 Å². The minimum Gasteiger partial charge on any atom is -0.387 e. The largest absolute Gasteiger partial charge is 0.387 e. The SMILES string of the molecule is Cc1cccc(C(O)CNc2ncc([N+](=O)[O-])cc2Cl)c1. The molecule has 1 aromatic heterocycles. The molecule has 0 aliphatic heterocycles. The van der Waals surface area contributed by atoms with Crippen LogP contribution in [0.15, 0.2) is 36.5 Å². The molecular weight excluding hydrogens is 294 g/mol. The van der Waals surface area contributed by atoms with Crippen molar-refractivity contribution in [3.63, 3.8) is 0 Å². The number of aryl methyl sites for hydroxylation is 1. The van der Waals surface area contributed by atoms with E-state index in [1.54, 1.807) is 0 Å². The van der Waals surface area contributed by atoms with E-state index < -0.39 is 11.0 Å². The van der Waals surface area contributed by atoms with Gasteiger partial charge in [-0.25, -0.2) is 4.98 Å². The highest BCUT2D eigenvalue weighted by Crippen LogP contribution is 2.24. The third kappa shape index (κ3) is 3.90. The van der Waals surface area contributed by atoms with Gasteiger partial charge in [-0.05, 0) is 12.5 Å². The average Bonchev–Trinajstić information content (AvgIpc) is 2.45. The van der Waals surface area contributed by atoms with E-state index in [-0.39, 0.29) is 17.3 Å². The summed E-state index contributed by atoms with van der Waals surface area (Å²) in [7, 11) is 0. The van der Waals surface area contributed by atoms with Crippen LogP contribution < -0.4 is 5.32 Å². The van der Waals surface area contributed by atoms with Gasteiger partial charge in [-0.2, -0.15) is 0 Å². The number of aromatic nitrogens is 1. The fourth-order valence-corrected chi connectivity index (χ4v) is 2.07. The lowest BCUT2D eigenvalue weighted by Gasteiger charge is -2.13. The van der Waals surface area contributed by atoms with Gasteiger partial charge in [0.15, 0.2) is 0 Å². The summed E-state index contributed by atoms with van der Waals surface area (Å²) in [5.74, 6) is 0.300. The van der Waals surface area contributed by atoms with Crippen LogP contribution in [0.1, 0.15) is 17.2 Å². The van der Waals surface area contributed by atoms with Crippen LogP contribution in [0.25, 0.3) is 0 Å². The standard InChI is InChI=1S/C14H14ClN3O3/c1-9-3-2-4-10(5-9)13(19)8-17-14-12(15)6-11(7-16-14)18(20)21/h2-7,13,19H,8H2,1H3,(H,16,17). The molecule has 0 saturated carbocycles. The summed E-state index contributed by atoms with van der Waals surface area (Å²) < 4.78 is 0. The number of aliphatic hydroxyl groups is 1. The Labute approximate surface area is 126 Å². The molecule has 2 N–H and O–H groups in total. The second-order valence-electron chi connectivity index (χ2n) is 4.59. The number of nitro groups is 1. The first-order valence-electron chi connectivity index (χ1n) is 6.26. The molecule has 0 saturated heterocycles. The van der Waals surface area contributed by atoms with E-state index in [0.29, 0.717) is 5.82 Å². The van der Waals surface area contributed by atoms with Gasteiger partial charge in [-0.3, -0.25) is 10.1 Å². The van der Waals surface area contributed by atoms with Gasteiger partial charge in [0.05, 0.1) is 16.0 Å². The Morgan fingerprint density at radius 3 is 2.86 bits per heavy atom. The first kappa shape index (κ1) is 15.2. The zero-order valence-electron chi connectivity index (χ0n) is 11.3. The first-order valence-corrected chi connectivity index (χ1v) is 6.63. The molecule has 2 aromatic rings. The van der Waals surface area contributed by atoms with Gasteiger partial charge in [-0.15, -0.1) is 0 Å². The molecule has 7 heteroatoms. The van der Waals surface area contributed by atoms with Crippen LogP contribution in [0.2, 0.25) is 5.02 Å². The van der Waals surface area contributed by atoms with E-state index in [1.165, 1.54) is 6.07 Å². The third-order valence-corrected chi connectivity index (χ3v) is 3.22. The van der Waals surface area contributed by atoms with Crippen LogP contribution in [0, 0.1) is 17.0 Å². The number of hydrogen-bond donors (Lipinski definition) is 2. The topological polar surface area (TPSA) is 88.3 Å². The lowest BCUT2D eigenvalue weighted by atomic mass is 10.1. The Morgan fingerprint density at radius 2 is 2.24 bits per heavy atom. The fraction of sp³-hybridized carbons (Fsp3) is 0.214. The number of benzene rings is 1. The second-order valence-corrected chi connectivity index (χ2v) is 5.00. The van der Waals surface area contributed by atoms with Crippen molar-refractivity contribution < 1.29 is 10.0 Å². The molecule has 0 fully saturated rings. The van der Waals surface area contributed by atoms with Crippen LogP contribution in [0.5, 0.6) is 0 Å². The molecule has 1 atom stereocenters. The zero-order chi connectivity index (χ0) is 15.4. The number of hydrogen-bond acceptors (Lipinski definition) is 5. The van der Waals surface area contributed by atoms with E-state index in [0.717, 1.165) is 17.3 Å². The number of aliphatic hydroxyl groups excluding tert-OH is 1. The highest BCUT2D eigenvalue weighted by atomic mass is 35.5. The molecule has 1 heterocycles. The normalized spacial score (nSPS) is 12.0. The maximum absolute atomic E-state index is 10.6. The van der Waals surface area contributed by atoms with Crippen molar-refractivity contribution in [2.45, 2.75) is 13.0 Å². The van der Waals surface area contributed by atoms with Crippen molar-refractivity contribution in [2.24, 2.45) is 0 Å². The van der Waals surface area contributed by atoms with E-state index in [4.69, 9.17) is 11.6 Å². The summed E-state index contributed by atoms with van der Waals surface area (Å²) in [6.45, 7) is 2.15. The van der Waals surface area contributed by atoms with Crippen LogP contribution in [-0.2, 0) is 0 Å². The van der Waals surface area contributed by atoms with Crippen molar-refractivity contribution in [2.75, 3.05) is 11.9 Å². The molecule has 0 radical (unpaired) electrons. The van der Waals surface area contributed by atoms with Crippen molar-refractivity contribution in [3.8, 4) is 0 Å². The molecular formula is C14H14ClN3O3. The van der Waals surface area contributed by atoms with E-state index in [2.05, 4.69) is 10.3 Å². The van der Waals surface area contributed by atoms with Crippen molar-refractivity contribution >= 4 is 23.1 Å². The quantitative estimate of drug-likeness (QED) is 0.654. The summed E-state index contributed by atoms with van der Waals surface area (Å²) in [6.07, 6.45) is 0.394. The Morgan fingerprint density at radius 1 is 1.48 bits per heavy atom. The summed E-state index contributed by atoms with van der Waals surface area (Å²) in [4.78, 5) is 13.9. The smallest absolute Gasteiger partial charge is 0.289 e. The lowest BCUT2D eigenvalue weighted by Crippen LogP contribution is -2.13. The molecule has 0 spiro atoms. The zero-order valence-corrected chi connectivity index (χ0v) is 12.0. The molecule has 0 aliphatic carbocycles. The minimum absolute atomic E-state index is 0.139. The van der Waals surface area contributed by atoms with Gasteiger partial charge in [0.1, 0.15) is 12.0 Å². The van der Waals surface area contributed by atoms with Gasteiger partial charge in [0, 0.05) is 12.6 Å². The summed E-state index contributed by atoms with van der Waals surface area (Å²) >= 11 is 5.92. The van der Waals surface area contributed by atoms with E-state index in [1.807, 2.05) is 31.2 Å². The van der Waals surface area contributed by atoms with Gasteiger partial charge >= 0.3 is 0 Å². The predicted octanol–water partition coefficient (Wildman–Crippen LogP) is 3.10. The first-order chi connectivity index (χ1) is 9.97. The van der Waals surface area contributed by atoms with Crippen LogP contribution >= 0.6 is 11.6 Å². The number of nitrogens with one attached hydrogen (secondary N) is 1. The Balaban J connectivity index is 2.04. The fourth-order valence-electron chi connectivity index (χ4n) is 1.85. The van der Waals surface area contributed by atoms with Gasteiger partial charge in [-0.1, -0.05) is 41.4 Å². The lowest BCUT2D eigenvalue weighted by molar-refractivity contribution is -0.385. The van der Waals surface area contributed by atoms with Gasteiger partial charge in [0.25, 0.3) is 5.69 Å². The van der Waals surface area contributed by atoms with Gasteiger partial charge < -0.3 is 10.4 Å². The molecule has 0 bridgehead atoms. The summed E-state index contributed by atoms with van der Waals surface area (Å²) in [5.41, 5.74) is 1.66. The Kier molecular flexibility index (Phi) is 4.72. The molecule has 21 heavy (non-hydrogen) atoms. The maximum atomic E-state index is 10.6. The number of nitrogens with zero attached hydrogens (tertiary/aromatic N) is 2. The minimum atomic E-state index is -0.724. The van der Waals surface area contributed by atoms with Crippen LogP contribution in [-0.4, -0.2) is 21.6 Å². The molecule has 0 amide bonds. The summed E-state index contributed by atoms with van der Waals surface area (Å²) in [5, 5.41) is 23.7. The predicted molar refractivity (Wildman–Crippen MR) is 80.5 cm³/mol. The van der Waals surface area contributed by atoms with Crippen LogP contribution in [0.4, 0.5) is 11.5 Å². The summed E-state index contributed by atoms with van der Waals surface area (Å²) in [6, 6.07) is 8.74. The third-order valence-electron chi connectivity index (χ3n) is 2.93. The highest BCUT2D eigenvalue weighted by molar-refractivity contribution is 6.33. The Bertz CT molecular complexity index is 664. The molecule has 1 unspecified atom stereocenters. The molecule has 2 rings (SSSR count). The number of halogens is 1. The average molecular weight is 308 g/mol. The highest BCUT2D eigenvalue weighted by Gasteiger charge is 2.13. The van der Waals surface area contributed by atoms with Crippen LogP contribution in [0.3, 0.4) is 0 Å². The monoisotopic (exact) mass is 307 g/mol. The molecule has 110 valence electrons. The molecule has 6 nitrogen and oxygen atoms in total. The van der Waals surface area contributed by atoms with Crippen molar-refractivity contribution in [1.29, 1.82) is 0 Å². The van der Waals surface area contributed by atoms with Gasteiger partial charge in [0.2, 0.25) is 0 Å². The number of anilines is 1. The second kappa shape index (κ2) is 6.51. The number of pyridine rings is 1. The van der Waals surface area contributed by atoms with Crippen molar-refractivity contribution in [3.05, 3.63) is 62.8 Å². The molecule has 1 aromatic carbocycles.